The summed E-state index contributed by atoms with van der Waals surface area (Å²) < 4.78 is 5.65. The van der Waals surface area contributed by atoms with Gasteiger partial charge >= 0.3 is 6.09 Å². The van der Waals surface area contributed by atoms with E-state index in [1.165, 1.54) is 4.90 Å². The number of benzene rings is 1. The Balaban J connectivity index is 1.56. The van der Waals surface area contributed by atoms with Crippen molar-refractivity contribution in [1.82, 2.24) is 9.80 Å². The summed E-state index contributed by atoms with van der Waals surface area (Å²) in [5.74, 6) is 1.21. The van der Waals surface area contributed by atoms with Crippen molar-refractivity contribution in [2.45, 2.75) is 38.5 Å². The number of ether oxygens (including phenoxy) is 1. The molecule has 0 aromatic heterocycles. The number of rotatable bonds is 5. The highest BCUT2D eigenvalue weighted by Crippen LogP contribution is 2.37. The van der Waals surface area contributed by atoms with Gasteiger partial charge in [0, 0.05) is 31.7 Å². The molecule has 2 fully saturated rings. The predicted octanol–water partition coefficient (Wildman–Crippen LogP) is 2.01. The number of amides is 1. The maximum atomic E-state index is 11.4. The lowest BCUT2D eigenvalue weighted by Gasteiger charge is -2.53. The van der Waals surface area contributed by atoms with E-state index in [1.54, 1.807) is 24.3 Å². The summed E-state index contributed by atoms with van der Waals surface area (Å²) in [5, 5.41) is 28.6. The normalized spacial score (nSPS) is 29.0. The SMILES string of the molecule is CC1C2CC(CN(C(=O)O)C2)C(C)N1CC(O)COc1ccc(C#N)cc1. The minimum Gasteiger partial charge on any atom is -0.491 e. The van der Waals surface area contributed by atoms with Crippen LogP contribution in [0.25, 0.3) is 0 Å². The van der Waals surface area contributed by atoms with E-state index in [0.29, 0.717) is 42.8 Å². The van der Waals surface area contributed by atoms with Gasteiger partial charge in [-0.15, -0.1) is 0 Å². The first-order valence-corrected chi connectivity index (χ1v) is 9.43. The molecule has 0 saturated carbocycles. The number of likely N-dealkylation sites (tertiary alicyclic amines) is 2. The molecule has 1 aromatic rings. The lowest BCUT2D eigenvalue weighted by Crippen LogP contribution is -2.62. The van der Waals surface area contributed by atoms with Crippen LogP contribution in [0.1, 0.15) is 25.8 Å². The number of fused-ring (bicyclic) bond motifs is 2. The molecule has 2 aliphatic heterocycles. The minimum atomic E-state index is -0.839. The molecule has 2 saturated heterocycles. The van der Waals surface area contributed by atoms with Gasteiger partial charge < -0.3 is 19.8 Å². The molecule has 146 valence electrons. The molecule has 1 aromatic carbocycles. The lowest BCUT2D eigenvalue weighted by molar-refractivity contribution is -0.0597. The Bertz CT molecular complexity index is 684. The summed E-state index contributed by atoms with van der Waals surface area (Å²) in [6.45, 7) is 6.05. The molecule has 3 rings (SSSR count). The fourth-order valence-corrected chi connectivity index (χ4v) is 4.39. The quantitative estimate of drug-likeness (QED) is 0.819. The van der Waals surface area contributed by atoms with Gasteiger partial charge in [-0.1, -0.05) is 0 Å². The third-order valence-corrected chi connectivity index (χ3v) is 6.04. The molecule has 7 heteroatoms. The molecule has 5 atom stereocenters. The highest BCUT2D eigenvalue weighted by molar-refractivity contribution is 5.65. The van der Waals surface area contributed by atoms with E-state index in [2.05, 4.69) is 24.8 Å². The number of aliphatic hydroxyl groups excluding tert-OH is 1. The smallest absolute Gasteiger partial charge is 0.407 e. The maximum Gasteiger partial charge on any atom is 0.407 e. The van der Waals surface area contributed by atoms with Crippen molar-refractivity contribution in [3.05, 3.63) is 29.8 Å². The van der Waals surface area contributed by atoms with E-state index in [1.807, 2.05) is 0 Å². The Morgan fingerprint density at radius 2 is 1.85 bits per heavy atom. The number of nitriles is 1. The molecular formula is C20H27N3O4. The number of carbonyl (C=O) groups is 1. The van der Waals surface area contributed by atoms with E-state index in [-0.39, 0.29) is 18.7 Å². The van der Waals surface area contributed by atoms with Crippen LogP contribution in [-0.2, 0) is 0 Å². The predicted molar refractivity (Wildman–Crippen MR) is 99.5 cm³/mol. The summed E-state index contributed by atoms with van der Waals surface area (Å²) in [5.41, 5.74) is 0.570. The van der Waals surface area contributed by atoms with Crippen LogP contribution in [0.3, 0.4) is 0 Å². The Morgan fingerprint density at radius 3 is 2.37 bits per heavy atom. The Morgan fingerprint density at radius 1 is 1.26 bits per heavy atom. The van der Waals surface area contributed by atoms with Gasteiger partial charge in [0.05, 0.1) is 11.6 Å². The van der Waals surface area contributed by atoms with Crippen LogP contribution in [0.15, 0.2) is 24.3 Å². The second kappa shape index (κ2) is 8.15. The summed E-state index contributed by atoms with van der Waals surface area (Å²) in [6.07, 6.45) is -0.436. The van der Waals surface area contributed by atoms with Crippen LogP contribution in [-0.4, -0.2) is 70.5 Å². The maximum absolute atomic E-state index is 11.4. The van der Waals surface area contributed by atoms with Gasteiger partial charge in [-0.05, 0) is 56.4 Å². The molecule has 7 nitrogen and oxygen atoms in total. The highest BCUT2D eigenvalue weighted by Gasteiger charge is 2.44. The topological polar surface area (TPSA) is 97.0 Å². The molecule has 5 unspecified atom stereocenters. The van der Waals surface area contributed by atoms with Crippen LogP contribution in [0.2, 0.25) is 0 Å². The third-order valence-electron chi connectivity index (χ3n) is 6.04. The average molecular weight is 373 g/mol. The second-order valence-electron chi connectivity index (χ2n) is 7.72. The van der Waals surface area contributed by atoms with Crippen LogP contribution in [0, 0.1) is 23.2 Å². The van der Waals surface area contributed by atoms with Crippen molar-refractivity contribution in [3.8, 4) is 11.8 Å². The monoisotopic (exact) mass is 373 g/mol. The first kappa shape index (κ1) is 19.5. The zero-order valence-electron chi connectivity index (χ0n) is 15.8. The lowest BCUT2D eigenvalue weighted by atomic mass is 9.76. The van der Waals surface area contributed by atoms with E-state index in [4.69, 9.17) is 10.00 Å². The van der Waals surface area contributed by atoms with Crippen molar-refractivity contribution in [1.29, 1.82) is 5.26 Å². The van der Waals surface area contributed by atoms with Gasteiger partial charge in [0.1, 0.15) is 18.5 Å². The molecule has 2 heterocycles. The zero-order valence-corrected chi connectivity index (χ0v) is 15.8. The molecule has 0 radical (unpaired) electrons. The molecular weight excluding hydrogens is 346 g/mol. The van der Waals surface area contributed by atoms with E-state index >= 15 is 0 Å². The van der Waals surface area contributed by atoms with E-state index < -0.39 is 12.2 Å². The van der Waals surface area contributed by atoms with Crippen molar-refractivity contribution < 1.29 is 19.7 Å². The number of aliphatic hydroxyl groups is 1. The average Bonchev–Trinajstić information content (AvgIpc) is 2.68. The summed E-state index contributed by atoms with van der Waals surface area (Å²) >= 11 is 0. The largest absolute Gasteiger partial charge is 0.491 e. The summed E-state index contributed by atoms with van der Waals surface area (Å²) in [7, 11) is 0. The highest BCUT2D eigenvalue weighted by atomic mass is 16.5. The Labute approximate surface area is 159 Å². The zero-order chi connectivity index (χ0) is 19.6. The number of nitrogens with zero attached hydrogens (tertiary/aromatic N) is 3. The van der Waals surface area contributed by atoms with E-state index in [0.717, 1.165) is 6.42 Å². The molecule has 1 amide bonds. The first-order valence-electron chi connectivity index (χ1n) is 9.43. The van der Waals surface area contributed by atoms with Crippen molar-refractivity contribution in [3.63, 3.8) is 0 Å². The molecule has 27 heavy (non-hydrogen) atoms. The van der Waals surface area contributed by atoms with Gasteiger partial charge in [0.2, 0.25) is 0 Å². The second-order valence-corrected chi connectivity index (χ2v) is 7.72. The number of β-amino-alcohol motifs (C(OH)–C–C–N with tert-alkyl or cyclic N) is 1. The van der Waals surface area contributed by atoms with Crippen LogP contribution in [0.5, 0.6) is 5.75 Å². The fourth-order valence-electron chi connectivity index (χ4n) is 4.39. The number of hydrogen-bond donors (Lipinski definition) is 2. The van der Waals surface area contributed by atoms with Crippen LogP contribution >= 0.6 is 0 Å². The summed E-state index contributed by atoms with van der Waals surface area (Å²) in [4.78, 5) is 15.2. The van der Waals surface area contributed by atoms with Gasteiger partial charge in [-0.3, -0.25) is 4.90 Å². The van der Waals surface area contributed by atoms with Gasteiger partial charge in [-0.25, -0.2) is 4.79 Å². The van der Waals surface area contributed by atoms with Gasteiger partial charge in [0.25, 0.3) is 0 Å². The molecule has 0 aliphatic carbocycles. The standard InChI is InChI=1S/C20H27N3O4/c1-13-16-7-17(10-22(9-16)20(25)26)14(2)23(13)11-18(24)12-27-19-5-3-15(8-21)4-6-19/h3-6,13-14,16-18,24H,7,9-12H2,1-2H3,(H,25,26). The van der Waals surface area contributed by atoms with Gasteiger partial charge in [-0.2, -0.15) is 5.26 Å². The van der Waals surface area contributed by atoms with Crippen molar-refractivity contribution >= 4 is 6.09 Å². The molecule has 2 aliphatic rings. The number of hydrogen-bond acceptors (Lipinski definition) is 5. The Kier molecular flexibility index (Phi) is 5.88. The third kappa shape index (κ3) is 4.34. The van der Waals surface area contributed by atoms with Crippen molar-refractivity contribution in [2.75, 3.05) is 26.2 Å². The summed E-state index contributed by atoms with van der Waals surface area (Å²) in [6, 6.07) is 9.30. The number of carboxylic acid groups (broad SMARTS) is 1. The first-order chi connectivity index (χ1) is 12.9. The molecule has 2 bridgehead atoms. The van der Waals surface area contributed by atoms with Crippen LogP contribution < -0.4 is 4.74 Å². The van der Waals surface area contributed by atoms with Crippen LogP contribution in [0.4, 0.5) is 4.79 Å². The fraction of sp³-hybridized carbons (Fsp3) is 0.600. The molecule has 2 N–H and O–H groups in total. The van der Waals surface area contributed by atoms with Gasteiger partial charge in [0.15, 0.2) is 0 Å². The molecule has 0 spiro atoms. The Hall–Kier alpha value is -2.30. The van der Waals surface area contributed by atoms with E-state index in [9.17, 15) is 15.0 Å². The van der Waals surface area contributed by atoms with Crippen molar-refractivity contribution in [2.24, 2.45) is 11.8 Å². The number of piperidine rings is 2. The minimum absolute atomic E-state index is 0.179.